The highest BCUT2D eigenvalue weighted by molar-refractivity contribution is 7.91. The number of carbonyl (C=O) groups is 1. The molecule has 1 aliphatic heterocycles. The summed E-state index contributed by atoms with van der Waals surface area (Å²) in [5.74, 6) is -1.31. The van der Waals surface area contributed by atoms with Gasteiger partial charge in [-0.3, -0.25) is 4.79 Å². The van der Waals surface area contributed by atoms with Gasteiger partial charge in [0, 0.05) is 18.3 Å². The number of nitrogens with two attached hydrogens (primary N) is 1. The summed E-state index contributed by atoms with van der Waals surface area (Å²) in [4.78, 5) is 13.7. The van der Waals surface area contributed by atoms with E-state index in [1.165, 1.54) is 11.0 Å². The van der Waals surface area contributed by atoms with Crippen LogP contribution in [0.15, 0.2) is 18.2 Å². The summed E-state index contributed by atoms with van der Waals surface area (Å²) in [7, 11) is -3.17. The minimum absolute atomic E-state index is 0.00546. The van der Waals surface area contributed by atoms with Crippen molar-refractivity contribution in [3.8, 4) is 0 Å². The molecule has 1 aromatic rings. The standard InChI is InChI=1S/C13H17FN2O4S/c14-9-1-2-12(15)11(7-9)13(18)16(4-5-17)10-3-6-21(19,20)8-10/h1-2,7,10,17H,3-6,8,15H2. The number of hydrogen-bond acceptors (Lipinski definition) is 5. The number of halogens is 1. The Morgan fingerprint density at radius 2 is 2.19 bits per heavy atom. The van der Waals surface area contributed by atoms with Gasteiger partial charge in [-0.1, -0.05) is 0 Å². The Kier molecular flexibility index (Phi) is 4.48. The van der Waals surface area contributed by atoms with Crippen molar-refractivity contribution in [1.82, 2.24) is 4.90 Å². The number of nitrogens with zero attached hydrogens (tertiary/aromatic N) is 1. The van der Waals surface area contributed by atoms with Gasteiger partial charge < -0.3 is 15.7 Å². The Morgan fingerprint density at radius 3 is 2.76 bits per heavy atom. The number of aliphatic hydroxyl groups excluding tert-OH is 1. The first-order valence-electron chi connectivity index (χ1n) is 6.51. The molecular formula is C13H17FN2O4S. The van der Waals surface area contributed by atoms with Crippen molar-refractivity contribution in [3.63, 3.8) is 0 Å². The van der Waals surface area contributed by atoms with Gasteiger partial charge in [-0.2, -0.15) is 0 Å². The van der Waals surface area contributed by atoms with Gasteiger partial charge in [0.15, 0.2) is 9.84 Å². The first-order valence-corrected chi connectivity index (χ1v) is 8.33. The molecule has 1 atom stereocenters. The van der Waals surface area contributed by atoms with Crippen LogP contribution in [0.5, 0.6) is 0 Å². The Bertz CT molecular complexity index is 648. The van der Waals surface area contributed by atoms with E-state index in [1.807, 2.05) is 0 Å². The van der Waals surface area contributed by atoms with E-state index in [4.69, 9.17) is 10.8 Å². The number of carbonyl (C=O) groups excluding carboxylic acids is 1. The van der Waals surface area contributed by atoms with Crippen molar-refractivity contribution in [2.75, 3.05) is 30.4 Å². The number of amides is 1. The SMILES string of the molecule is Nc1ccc(F)cc1C(=O)N(CCO)C1CCS(=O)(=O)C1. The van der Waals surface area contributed by atoms with Crippen LogP contribution in [0.3, 0.4) is 0 Å². The second kappa shape index (κ2) is 5.98. The summed E-state index contributed by atoms with van der Waals surface area (Å²) in [6.07, 6.45) is 0.309. The van der Waals surface area contributed by atoms with Crippen LogP contribution in [-0.4, -0.2) is 55.0 Å². The Hall–Kier alpha value is -1.67. The molecule has 0 saturated carbocycles. The molecule has 1 unspecified atom stereocenters. The molecule has 116 valence electrons. The van der Waals surface area contributed by atoms with Gasteiger partial charge in [-0.25, -0.2) is 12.8 Å². The average molecular weight is 316 g/mol. The minimum Gasteiger partial charge on any atom is -0.398 e. The number of nitrogen functional groups attached to an aromatic ring is 1. The van der Waals surface area contributed by atoms with Crippen molar-refractivity contribution < 1.29 is 22.7 Å². The van der Waals surface area contributed by atoms with E-state index in [0.717, 1.165) is 12.1 Å². The van der Waals surface area contributed by atoms with Crippen LogP contribution in [-0.2, 0) is 9.84 Å². The van der Waals surface area contributed by atoms with Gasteiger partial charge in [-0.05, 0) is 24.6 Å². The van der Waals surface area contributed by atoms with Crippen molar-refractivity contribution in [1.29, 1.82) is 0 Å². The molecule has 1 amide bonds. The van der Waals surface area contributed by atoms with Crippen LogP contribution in [0, 0.1) is 5.82 Å². The summed E-state index contributed by atoms with van der Waals surface area (Å²) in [6, 6.07) is 2.93. The maximum absolute atomic E-state index is 13.3. The van der Waals surface area contributed by atoms with Crippen LogP contribution < -0.4 is 5.73 Å². The monoisotopic (exact) mass is 316 g/mol. The first kappa shape index (κ1) is 15.7. The molecule has 0 bridgehead atoms. The van der Waals surface area contributed by atoms with Gasteiger partial charge in [0.25, 0.3) is 5.91 Å². The van der Waals surface area contributed by atoms with Crippen molar-refractivity contribution in [2.24, 2.45) is 0 Å². The van der Waals surface area contributed by atoms with E-state index >= 15 is 0 Å². The molecule has 0 spiro atoms. The zero-order valence-corrected chi connectivity index (χ0v) is 12.1. The van der Waals surface area contributed by atoms with E-state index in [-0.39, 0.29) is 35.9 Å². The number of anilines is 1. The fraction of sp³-hybridized carbons (Fsp3) is 0.462. The zero-order valence-electron chi connectivity index (χ0n) is 11.3. The van der Waals surface area contributed by atoms with E-state index < -0.39 is 27.6 Å². The molecule has 1 fully saturated rings. The molecule has 2 rings (SSSR count). The van der Waals surface area contributed by atoms with Crippen molar-refractivity contribution >= 4 is 21.4 Å². The molecule has 0 radical (unpaired) electrons. The molecule has 21 heavy (non-hydrogen) atoms. The van der Waals surface area contributed by atoms with Gasteiger partial charge in [0.05, 0.1) is 23.7 Å². The minimum atomic E-state index is -3.17. The highest BCUT2D eigenvalue weighted by Crippen LogP contribution is 2.22. The van der Waals surface area contributed by atoms with Gasteiger partial charge in [0.1, 0.15) is 5.82 Å². The van der Waals surface area contributed by atoms with Crippen LogP contribution in [0.4, 0.5) is 10.1 Å². The third-order valence-corrected chi connectivity index (χ3v) is 5.25. The number of rotatable bonds is 4. The zero-order chi connectivity index (χ0) is 15.6. The Balaban J connectivity index is 2.30. The predicted molar refractivity (Wildman–Crippen MR) is 76.0 cm³/mol. The fourth-order valence-corrected chi connectivity index (χ4v) is 4.18. The van der Waals surface area contributed by atoms with Gasteiger partial charge in [-0.15, -0.1) is 0 Å². The summed E-state index contributed by atoms with van der Waals surface area (Å²) in [6.45, 7) is -0.327. The molecule has 8 heteroatoms. The quantitative estimate of drug-likeness (QED) is 0.763. The summed E-state index contributed by atoms with van der Waals surface area (Å²) < 4.78 is 36.4. The molecule has 1 aliphatic rings. The summed E-state index contributed by atoms with van der Waals surface area (Å²) >= 11 is 0. The number of aliphatic hydroxyl groups is 1. The van der Waals surface area contributed by atoms with Crippen molar-refractivity contribution in [3.05, 3.63) is 29.6 Å². The lowest BCUT2D eigenvalue weighted by Crippen LogP contribution is -2.43. The number of benzene rings is 1. The van der Waals surface area contributed by atoms with Crippen molar-refractivity contribution in [2.45, 2.75) is 12.5 Å². The molecule has 1 aromatic carbocycles. The maximum Gasteiger partial charge on any atom is 0.256 e. The topological polar surface area (TPSA) is 101 Å². The van der Waals surface area contributed by atoms with Crippen LogP contribution in [0.1, 0.15) is 16.8 Å². The Labute approximate surface area is 122 Å². The maximum atomic E-state index is 13.3. The molecule has 1 saturated heterocycles. The molecule has 0 aliphatic carbocycles. The van der Waals surface area contributed by atoms with Gasteiger partial charge in [0.2, 0.25) is 0 Å². The van der Waals surface area contributed by atoms with E-state index in [1.54, 1.807) is 0 Å². The second-order valence-electron chi connectivity index (χ2n) is 5.01. The van der Waals surface area contributed by atoms with E-state index in [0.29, 0.717) is 6.42 Å². The van der Waals surface area contributed by atoms with E-state index in [9.17, 15) is 17.6 Å². The van der Waals surface area contributed by atoms with Crippen LogP contribution in [0.25, 0.3) is 0 Å². The Morgan fingerprint density at radius 1 is 1.48 bits per heavy atom. The molecule has 0 aromatic heterocycles. The third kappa shape index (κ3) is 3.51. The lowest BCUT2D eigenvalue weighted by Gasteiger charge is -2.28. The largest absolute Gasteiger partial charge is 0.398 e. The van der Waals surface area contributed by atoms with Crippen LogP contribution >= 0.6 is 0 Å². The van der Waals surface area contributed by atoms with E-state index in [2.05, 4.69) is 0 Å². The van der Waals surface area contributed by atoms with Gasteiger partial charge >= 0.3 is 0 Å². The van der Waals surface area contributed by atoms with Crippen LogP contribution in [0.2, 0.25) is 0 Å². The molecular weight excluding hydrogens is 299 g/mol. The number of sulfone groups is 1. The normalized spacial score (nSPS) is 20.4. The summed E-state index contributed by atoms with van der Waals surface area (Å²) in [5, 5.41) is 9.10. The lowest BCUT2D eigenvalue weighted by molar-refractivity contribution is 0.0656. The molecule has 6 nitrogen and oxygen atoms in total. The molecule has 3 N–H and O–H groups in total. The number of hydrogen-bond donors (Lipinski definition) is 2. The molecule has 1 heterocycles. The second-order valence-corrected chi connectivity index (χ2v) is 7.24. The fourth-order valence-electron chi connectivity index (χ4n) is 2.45. The third-order valence-electron chi connectivity index (χ3n) is 3.50. The lowest BCUT2D eigenvalue weighted by atomic mass is 10.1. The highest BCUT2D eigenvalue weighted by atomic mass is 32.2. The smallest absolute Gasteiger partial charge is 0.256 e. The predicted octanol–water partition coefficient (Wildman–Crippen LogP) is 0.0295. The summed E-state index contributed by atoms with van der Waals surface area (Å²) in [5.41, 5.74) is 5.78. The first-order chi connectivity index (χ1) is 9.84. The highest BCUT2D eigenvalue weighted by Gasteiger charge is 2.35. The average Bonchev–Trinajstić information content (AvgIpc) is 2.78.